The highest BCUT2D eigenvalue weighted by atomic mass is 32.2. The van der Waals surface area contributed by atoms with E-state index in [1.807, 2.05) is 49.4 Å². The topological polar surface area (TPSA) is 78.9 Å². The van der Waals surface area contributed by atoms with E-state index in [0.29, 0.717) is 30.6 Å². The lowest BCUT2D eigenvalue weighted by molar-refractivity contribution is 0.0953. The first-order valence-electron chi connectivity index (χ1n) is 12.9. The first kappa shape index (κ1) is 24.4. The van der Waals surface area contributed by atoms with Gasteiger partial charge in [0.1, 0.15) is 5.82 Å². The van der Waals surface area contributed by atoms with Gasteiger partial charge in [-0.1, -0.05) is 61.0 Å². The van der Waals surface area contributed by atoms with Crippen LogP contribution in [0.1, 0.15) is 55.8 Å². The molecule has 1 fully saturated rings. The van der Waals surface area contributed by atoms with Gasteiger partial charge in [0.15, 0.2) is 0 Å². The van der Waals surface area contributed by atoms with E-state index >= 15 is 0 Å². The number of amides is 1. The highest BCUT2D eigenvalue weighted by Crippen LogP contribution is 2.37. The van der Waals surface area contributed by atoms with Gasteiger partial charge in [-0.2, -0.15) is 4.98 Å². The molecule has 0 spiro atoms. The van der Waals surface area contributed by atoms with Crippen LogP contribution in [0.4, 0.5) is 11.8 Å². The zero-order valence-corrected chi connectivity index (χ0v) is 21.5. The summed E-state index contributed by atoms with van der Waals surface area (Å²) in [6, 6.07) is 16.5. The van der Waals surface area contributed by atoms with Crippen molar-refractivity contribution in [2.24, 2.45) is 0 Å². The number of hydrogen-bond donors (Lipinski definition) is 3. The van der Waals surface area contributed by atoms with Crippen LogP contribution in [0, 0.1) is 0 Å². The molecule has 2 aromatic carbocycles. The number of carbonyl (C=O) groups excluding carboxylic acids is 1. The molecule has 7 heteroatoms. The quantitative estimate of drug-likeness (QED) is 0.310. The predicted octanol–water partition coefficient (Wildman–Crippen LogP) is 6.54. The second kappa shape index (κ2) is 11.6. The summed E-state index contributed by atoms with van der Waals surface area (Å²) >= 11 is 1.65. The van der Waals surface area contributed by atoms with Crippen molar-refractivity contribution in [3.8, 4) is 0 Å². The van der Waals surface area contributed by atoms with Crippen molar-refractivity contribution in [1.29, 1.82) is 0 Å². The van der Waals surface area contributed by atoms with Gasteiger partial charge in [-0.3, -0.25) is 4.79 Å². The molecule has 2 aliphatic carbocycles. The average molecular weight is 500 g/mol. The zero-order chi connectivity index (χ0) is 24.7. The second-order valence-corrected chi connectivity index (χ2v) is 10.3. The van der Waals surface area contributed by atoms with E-state index in [0.717, 1.165) is 34.5 Å². The second-order valence-electron chi connectivity index (χ2n) is 9.23. The summed E-state index contributed by atoms with van der Waals surface area (Å²) in [7, 11) is 0. The lowest BCUT2D eigenvalue weighted by Crippen LogP contribution is -2.23. The molecule has 1 heterocycles. The molecule has 1 aromatic heterocycles. The number of thioether (sulfide) groups is 1. The maximum atomic E-state index is 12.6. The third kappa shape index (κ3) is 5.73. The van der Waals surface area contributed by atoms with Crippen molar-refractivity contribution >= 4 is 40.3 Å². The Kier molecular flexibility index (Phi) is 7.86. The summed E-state index contributed by atoms with van der Waals surface area (Å²) < 4.78 is 0. The standard InChI is InChI=1S/C29H33N5OS/c1-2-30-28(35)23-15-7-10-18-26(23)36-25-17-9-3-11-20(25)19-31-29-33-24-16-8-6-14-22(24)27(34-29)32-21-12-4-5-13-21/h6-8,10-11,14-18,21H,2-5,9,12-13,19H2,1H3,(H,30,35)(H2,31,32,33,34). The minimum absolute atomic E-state index is 0.0347. The highest BCUT2D eigenvalue weighted by molar-refractivity contribution is 8.03. The van der Waals surface area contributed by atoms with Crippen molar-refractivity contribution in [2.75, 3.05) is 23.7 Å². The number of aromatic nitrogens is 2. The number of rotatable bonds is 9. The Labute approximate surface area is 217 Å². The number of allylic oxidation sites excluding steroid dienone is 2. The lowest BCUT2D eigenvalue weighted by atomic mass is 10.1. The predicted molar refractivity (Wildman–Crippen MR) is 150 cm³/mol. The number of para-hydroxylation sites is 1. The van der Waals surface area contributed by atoms with E-state index in [1.54, 1.807) is 11.8 Å². The SMILES string of the molecule is CCNC(=O)c1ccccc1SC1=CCCC=C1CNc1nc(NC2CCCC2)c2ccccc2n1. The molecule has 3 aromatic rings. The van der Waals surface area contributed by atoms with Gasteiger partial charge >= 0.3 is 0 Å². The number of anilines is 2. The van der Waals surface area contributed by atoms with Crippen LogP contribution in [-0.2, 0) is 0 Å². The summed E-state index contributed by atoms with van der Waals surface area (Å²) in [5.74, 6) is 1.51. The van der Waals surface area contributed by atoms with Crippen LogP contribution in [0.5, 0.6) is 0 Å². The molecule has 0 bridgehead atoms. The van der Waals surface area contributed by atoms with E-state index < -0.39 is 0 Å². The maximum Gasteiger partial charge on any atom is 0.252 e. The Balaban J connectivity index is 1.33. The van der Waals surface area contributed by atoms with Gasteiger partial charge in [-0.15, -0.1) is 0 Å². The minimum atomic E-state index is -0.0347. The van der Waals surface area contributed by atoms with E-state index in [4.69, 9.17) is 9.97 Å². The number of benzene rings is 2. The van der Waals surface area contributed by atoms with Crippen LogP contribution in [0.15, 0.2) is 76.1 Å². The smallest absolute Gasteiger partial charge is 0.252 e. The van der Waals surface area contributed by atoms with Gasteiger partial charge in [-0.05, 0) is 62.4 Å². The summed E-state index contributed by atoms with van der Waals surface area (Å²) in [5, 5.41) is 11.1. The van der Waals surface area contributed by atoms with Gasteiger partial charge in [-0.25, -0.2) is 4.98 Å². The fourth-order valence-corrected chi connectivity index (χ4v) is 5.93. The fourth-order valence-electron chi connectivity index (χ4n) is 4.79. The van der Waals surface area contributed by atoms with Crippen molar-refractivity contribution in [1.82, 2.24) is 15.3 Å². The van der Waals surface area contributed by atoms with Crippen molar-refractivity contribution in [2.45, 2.75) is 56.4 Å². The molecular formula is C29H33N5OS. The van der Waals surface area contributed by atoms with Gasteiger partial charge < -0.3 is 16.0 Å². The lowest BCUT2D eigenvalue weighted by Gasteiger charge is -2.19. The molecule has 0 radical (unpaired) electrons. The molecule has 36 heavy (non-hydrogen) atoms. The van der Waals surface area contributed by atoms with Crippen LogP contribution in [0.3, 0.4) is 0 Å². The van der Waals surface area contributed by atoms with Crippen LogP contribution < -0.4 is 16.0 Å². The number of carbonyl (C=O) groups is 1. The molecule has 0 unspecified atom stereocenters. The van der Waals surface area contributed by atoms with Gasteiger partial charge in [0.2, 0.25) is 5.95 Å². The number of fused-ring (bicyclic) bond motifs is 1. The fraction of sp³-hybridized carbons (Fsp3) is 0.345. The van der Waals surface area contributed by atoms with Gasteiger partial charge in [0.05, 0.1) is 11.1 Å². The zero-order valence-electron chi connectivity index (χ0n) is 20.7. The van der Waals surface area contributed by atoms with Crippen molar-refractivity contribution < 1.29 is 4.79 Å². The molecule has 0 saturated heterocycles. The third-order valence-electron chi connectivity index (χ3n) is 6.63. The number of hydrogen-bond acceptors (Lipinski definition) is 6. The molecule has 2 aliphatic rings. The average Bonchev–Trinajstić information content (AvgIpc) is 3.42. The van der Waals surface area contributed by atoms with E-state index in [9.17, 15) is 4.79 Å². The Morgan fingerprint density at radius 3 is 2.64 bits per heavy atom. The van der Waals surface area contributed by atoms with E-state index in [-0.39, 0.29) is 5.91 Å². The largest absolute Gasteiger partial charge is 0.367 e. The molecule has 186 valence electrons. The van der Waals surface area contributed by atoms with Gasteiger partial charge in [0, 0.05) is 34.3 Å². The third-order valence-corrected chi connectivity index (χ3v) is 7.85. The number of nitrogens with one attached hydrogen (secondary N) is 3. The molecule has 5 rings (SSSR count). The molecule has 1 amide bonds. The van der Waals surface area contributed by atoms with E-state index in [2.05, 4.69) is 34.2 Å². The first-order valence-corrected chi connectivity index (χ1v) is 13.7. The molecule has 0 aliphatic heterocycles. The maximum absolute atomic E-state index is 12.6. The summed E-state index contributed by atoms with van der Waals surface area (Å²) in [6.45, 7) is 3.18. The monoisotopic (exact) mass is 499 g/mol. The Morgan fingerprint density at radius 2 is 1.78 bits per heavy atom. The van der Waals surface area contributed by atoms with Crippen LogP contribution in [-0.4, -0.2) is 35.0 Å². The summed E-state index contributed by atoms with van der Waals surface area (Å²) in [4.78, 5) is 24.4. The van der Waals surface area contributed by atoms with Gasteiger partial charge in [0.25, 0.3) is 5.91 Å². The molecule has 6 nitrogen and oxygen atoms in total. The highest BCUT2D eigenvalue weighted by Gasteiger charge is 2.19. The Morgan fingerprint density at radius 1 is 1.00 bits per heavy atom. The molecule has 1 saturated carbocycles. The van der Waals surface area contributed by atoms with Crippen molar-refractivity contribution in [3.05, 3.63) is 76.7 Å². The van der Waals surface area contributed by atoms with Crippen LogP contribution in [0.25, 0.3) is 10.9 Å². The van der Waals surface area contributed by atoms with Crippen LogP contribution >= 0.6 is 11.8 Å². The summed E-state index contributed by atoms with van der Waals surface area (Å²) in [5.41, 5.74) is 2.86. The summed E-state index contributed by atoms with van der Waals surface area (Å²) in [6.07, 6.45) is 11.5. The molecule has 3 N–H and O–H groups in total. The Bertz CT molecular complexity index is 1300. The van der Waals surface area contributed by atoms with Crippen molar-refractivity contribution in [3.63, 3.8) is 0 Å². The molecular weight excluding hydrogens is 466 g/mol. The Hall–Kier alpha value is -3.32. The van der Waals surface area contributed by atoms with E-state index in [1.165, 1.54) is 36.2 Å². The minimum Gasteiger partial charge on any atom is -0.367 e. The number of nitrogens with zero attached hydrogens (tertiary/aromatic N) is 2. The first-order chi connectivity index (χ1) is 17.7. The van der Waals surface area contributed by atoms with Crippen LogP contribution in [0.2, 0.25) is 0 Å². The normalized spacial score (nSPS) is 15.9. The molecule has 0 atom stereocenters.